The highest BCUT2D eigenvalue weighted by Crippen LogP contribution is 2.33. The fraction of sp³-hybridized carbons (Fsp3) is 0.417. The molecule has 0 aromatic heterocycles. The van der Waals surface area contributed by atoms with Crippen LogP contribution in [-0.2, 0) is 4.79 Å². The second kappa shape index (κ2) is 4.22. The third-order valence-electron chi connectivity index (χ3n) is 3.12. The number of aliphatic carboxylic acids is 1. The van der Waals surface area contributed by atoms with Gasteiger partial charge in [0.1, 0.15) is 5.82 Å². The van der Waals surface area contributed by atoms with E-state index in [1.54, 1.807) is 18.2 Å². The standard InChI is InChI=1S/C12H14FNO2/c1-14-6-9(10(7-14)12(15)16)8-4-2-3-5-11(8)13/h2-5,9-10H,6-7H2,1H3,(H,15,16)/t9-,10-/m1/s1. The highest BCUT2D eigenvalue weighted by Gasteiger charge is 2.37. The van der Waals surface area contributed by atoms with Crippen molar-refractivity contribution in [1.29, 1.82) is 0 Å². The number of carbonyl (C=O) groups is 1. The topological polar surface area (TPSA) is 40.5 Å². The van der Waals surface area contributed by atoms with Crippen LogP contribution in [0.15, 0.2) is 24.3 Å². The summed E-state index contributed by atoms with van der Waals surface area (Å²) in [4.78, 5) is 13.0. The Bertz CT molecular complexity index is 408. The van der Waals surface area contributed by atoms with Crippen molar-refractivity contribution >= 4 is 5.97 Å². The van der Waals surface area contributed by atoms with Gasteiger partial charge in [-0.2, -0.15) is 0 Å². The van der Waals surface area contributed by atoms with E-state index in [4.69, 9.17) is 5.11 Å². The first-order valence-corrected chi connectivity index (χ1v) is 5.25. The molecule has 0 saturated carbocycles. The van der Waals surface area contributed by atoms with Gasteiger partial charge >= 0.3 is 5.97 Å². The number of benzene rings is 1. The molecule has 1 N–H and O–H groups in total. The lowest BCUT2D eigenvalue weighted by Crippen LogP contribution is -2.21. The van der Waals surface area contributed by atoms with Gasteiger partial charge in [-0.15, -0.1) is 0 Å². The van der Waals surface area contributed by atoms with Crippen LogP contribution in [0.3, 0.4) is 0 Å². The minimum absolute atomic E-state index is 0.247. The SMILES string of the molecule is CN1C[C@H](c2ccccc2F)[C@H](C(=O)O)C1. The molecule has 2 atom stereocenters. The molecule has 0 radical (unpaired) electrons. The van der Waals surface area contributed by atoms with Crippen LogP contribution in [0.5, 0.6) is 0 Å². The van der Waals surface area contributed by atoms with Crippen molar-refractivity contribution in [2.45, 2.75) is 5.92 Å². The van der Waals surface area contributed by atoms with E-state index in [0.29, 0.717) is 18.7 Å². The molecular weight excluding hydrogens is 209 g/mol. The van der Waals surface area contributed by atoms with Crippen molar-refractivity contribution in [1.82, 2.24) is 4.90 Å². The van der Waals surface area contributed by atoms with Gasteiger partial charge in [-0.25, -0.2) is 4.39 Å². The number of carboxylic acid groups (broad SMARTS) is 1. The lowest BCUT2D eigenvalue weighted by Gasteiger charge is -2.15. The van der Waals surface area contributed by atoms with Gasteiger partial charge in [-0.05, 0) is 18.7 Å². The van der Waals surface area contributed by atoms with E-state index in [1.807, 2.05) is 11.9 Å². The Morgan fingerprint density at radius 3 is 2.75 bits per heavy atom. The van der Waals surface area contributed by atoms with Crippen molar-refractivity contribution in [2.24, 2.45) is 5.92 Å². The van der Waals surface area contributed by atoms with Gasteiger partial charge in [0.15, 0.2) is 0 Å². The van der Waals surface area contributed by atoms with Gasteiger partial charge in [-0.3, -0.25) is 4.79 Å². The highest BCUT2D eigenvalue weighted by atomic mass is 19.1. The number of halogens is 1. The number of likely N-dealkylation sites (N-methyl/N-ethyl adjacent to an activating group) is 1. The molecule has 1 aromatic carbocycles. The van der Waals surface area contributed by atoms with E-state index in [0.717, 1.165) is 0 Å². The molecule has 0 spiro atoms. The zero-order valence-electron chi connectivity index (χ0n) is 9.06. The second-order valence-electron chi connectivity index (χ2n) is 4.29. The van der Waals surface area contributed by atoms with Gasteiger partial charge < -0.3 is 10.0 Å². The molecule has 4 heteroatoms. The molecule has 1 heterocycles. The Labute approximate surface area is 93.5 Å². The van der Waals surface area contributed by atoms with Crippen molar-refractivity contribution in [2.75, 3.05) is 20.1 Å². The molecule has 3 nitrogen and oxygen atoms in total. The Morgan fingerprint density at radius 1 is 1.44 bits per heavy atom. The Hall–Kier alpha value is -1.42. The summed E-state index contributed by atoms with van der Waals surface area (Å²) in [7, 11) is 1.86. The van der Waals surface area contributed by atoms with Gasteiger partial charge in [-0.1, -0.05) is 18.2 Å². The number of nitrogens with zero attached hydrogens (tertiary/aromatic N) is 1. The minimum atomic E-state index is -0.849. The van der Waals surface area contributed by atoms with Crippen LogP contribution in [0.1, 0.15) is 11.5 Å². The second-order valence-corrected chi connectivity index (χ2v) is 4.29. The highest BCUT2D eigenvalue weighted by molar-refractivity contribution is 5.72. The number of rotatable bonds is 2. The monoisotopic (exact) mass is 223 g/mol. The number of carboxylic acids is 1. The first kappa shape index (κ1) is 11.1. The van der Waals surface area contributed by atoms with Crippen molar-refractivity contribution in [3.8, 4) is 0 Å². The summed E-state index contributed by atoms with van der Waals surface area (Å²) < 4.78 is 13.6. The quantitative estimate of drug-likeness (QED) is 0.827. The fourth-order valence-corrected chi connectivity index (χ4v) is 2.34. The molecule has 86 valence electrons. The molecule has 2 rings (SSSR count). The predicted octanol–water partition coefficient (Wildman–Crippen LogP) is 1.56. The molecule has 0 unspecified atom stereocenters. The summed E-state index contributed by atoms with van der Waals surface area (Å²) in [6, 6.07) is 6.42. The van der Waals surface area contributed by atoms with Gasteiger partial charge in [0.2, 0.25) is 0 Å². The van der Waals surface area contributed by atoms with Crippen molar-refractivity contribution < 1.29 is 14.3 Å². The molecule has 1 aliphatic heterocycles. The summed E-state index contributed by atoms with van der Waals surface area (Å²) in [5.41, 5.74) is 0.513. The molecule has 1 saturated heterocycles. The maximum atomic E-state index is 13.6. The van der Waals surface area contributed by atoms with Crippen LogP contribution in [0.4, 0.5) is 4.39 Å². The maximum Gasteiger partial charge on any atom is 0.308 e. The Balaban J connectivity index is 2.33. The normalized spacial score (nSPS) is 25.9. The third-order valence-corrected chi connectivity index (χ3v) is 3.12. The first-order valence-electron chi connectivity index (χ1n) is 5.25. The van der Waals surface area contributed by atoms with Crippen LogP contribution in [-0.4, -0.2) is 36.1 Å². The lowest BCUT2D eigenvalue weighted by molar-refractivity contribution is -0.141. The van der Waals surface area contributed by atoms with Crippen LogP contribution in [0.2, 0.25) is 0 Å². The van der Waals surface area contributed by atoms with Gasteiger partial charge in [0.05, 0.1) is 5.92 Å². The van der Waals surface area contributed by atoms with Crippen molar-refractivity contribution in [3.05, 3.63) is 35.6 Å². The summed E-state index contributed by atoms with van der Waals surface area (Å²) in [6.45, 7) is 1.08. The number of hydrogen-bond acceptors (Lipinski definition) is 2. The molecule has 0 aliphatic carbocycles. The van der Waals surface area contributed by atoms with Crippen LogP contribution >= 0.6 is 0 Å². The third kappa shape index (κ3) is 1.93. The zero-order chi connectivity index (χ0) is 11.7. The van der Waals surface area contributed by atoms with E-state index < -0.39 is 11.9 Å². The summed E-state index contributed by atoms with van der Waals surface area (Å²) in [6.07, 6.45) is 0. The molecule has 16 heavy (non-hydrogen) atoms. The Kier molecular flexibility index (Phi) is 2.92. The fourth-order valence-electron chi connectivity index (χ4n) is 2.34. The smallest absolute Gasteiger partial charge is 0.308 e. The Morgan fingerprint density at radius 2 is 2.12 bits per heavy atom. The summed E-state index contributed by atoms with van der Waals surface area (Å²) >= 11 is 0. The van der Waals surface area contributed by atoms with Crippen LogP contribution in [0, 0.1) is 11.7 Å². The van der Waals surface area contributed by atoms with E-state index in [2.05, 4.69) is 0 Å². The van der Waals surface area contributed by atoms with Crippen molar-refractivity contribution in [3.63, 3.8) is 0 Å². The summed E-state index contributed by atoms with van der Waals surface area (Å²) in [5, 5.41) is 9.10. The van der Waals surface area contributed by atoms with Gasteiger partial charge in [0, 0.05) is 19.0 Å². The molecular formula is C12H14FNO2. The van der Waals surface area contributed by atoms with E-state index in [-0.39, 0.29) is 11.7 Å². The van der Waals surface area contributed by atoms with E-state index in [1.165, 1.54) is 6.07 Å². The lowest BCUT2D eigenvalue weighted by atomic mass is 9.89. The molecule has 0 bridgehead atoms. The van der Waals surface area contributed by atoms with Crippen LogP contribution in [0.25, 0.3) is 0 Å². The average molecular weight is 223 g/mol. The number of likely N-dealkylation sites (tertiary alicyclic amines) is 1. The largest absolute Gasteiger partial charge is 0.481 e. The van der Waals surface area contributed by atoms with Crippen LogP contribution < -0.4 is 0 Å². The number of hydrogen-bond donors (Lipinski definition) is 1. The molecule has 0 amide bonds. The molecule has 1 fully saturated rings. The molecule has 1 aromatic rings. The van der Waals surface area contributed by atoms with E-state index >= 15 is 0 Å². The van der Waals surface area contributed by atoms with Gasteiger partial charge in [0.25, 0.3) is 0 Å². The molecule has 1 aliphatic rings. The average Bonchev–Trinajstić information content (AvgIpc) is 2.61. The zero-order valence-corrected chi connectivity index (χ0v) is 9.06. The first-order chi connectivity index (χ1) is 7.59. The maximum absolute atomic E-state index is 13.6. The minimum Gasteiger partial charge on any atom is -0.481 e. The predicted molar refractivity (Wildman–Crippen MR) is 57.8 cm³/mol. The van der Waals surface area contributed by atoms with E-state index in [9.17, 15) is 9.18 Å². The summed E-state index contributed by atoms with van der Waals surface area (Å²) in [5.74, 6) is -1.92.